The summed E-state index contributed by atoms with van der Waals surface area (Å²) in [4.78, 5) is 32.7. The van der Waals surface area contributed by atoms with Gasteiger partial charge in [0.25, 0.3) is 0 Å². The summed E-state index contributed by atoms with van der Waals surface area (Å²) in [7, 11) is 0. The molecule has 0 heterocycles. The molecule has 2 aromatic carbocycles. The van der Waals surface area contributed by atoms with E-state index in [0.717, 1.165) is 0 Å². The smallest absolute Gasteiger partial charge is 0.240 e. The third-order valence-electron chi connectivity index (χ3n) is 4.33. The fourth-order valence-corrected chi connectivity index (χ4v) is 2.87. The molecule has 9 heteroatoms. The zero-order chi connectivity index (χ0) is 21.4. The maximum absolute atomic E-state index is 11.5. The van der Waals surface area contributed by atoms with Gasteiger partial charge in [-0.25, -0.2) is 0 Å². The number of nitrogens with zero attached hydrogens (tertiary/aromatic N) is 1. The third-order valence-corrected chi connectivity index (χ3v) is 4.33. The maximum Gasteiger partial charge on any atom is 0.240 e. The van der Waals surface area contributed by atoms with Crippen LogP contribution in [0.1, 0.15) is 11.1 Å². The molecular weight excluding hydrogens is 376 g/mol. The second-order valence-electron chi connectivity index (χ2n) is 6.32. The van der Waals surface area contributed by atoms with Gasteiger partial charge < -0.3 is 26.6 Å². The second kappa shape index (κ2) is 9.75. The van der Waals surface area contributed by atoms with Gasteiger partial charge in [0, 0.05) is 24.0 Å². The van der Waals surface area contributed by atoms with E-state index in [2.05, 4.69) is 10.6 Å². The molecule has 0 aromatic heterocycles. The predicted octanol–water partition coefficient (Wildman–Crippen LogP) is 0.0879. The van der Waals surface area contributed by atoms with Crippen molar-refractivity contribution in [1.29, 1.82) is 5.26 Å². The van der Waals surface area contributed by atoms with Gasteiger partial charge in [-0.15, -0.1) is 0 Å². The Morgan fingerprint density at radius 3 is 1.97 bits per heavy atom. The molecule has 2 rings (SSSR count). The molecule has 2 atom stereocenters. The van der Waals surface area contributed by atoms with E-state index in [0.29, 0.717) is 35.1 Å². The lowest BCUT2D eigenvalue weighted by atomic mass is 9.95. The first-order valence-corrected chi connectivity index (χ1v) is 8.62. The number of nitriles is 1. The summed E-state index contributed by atoms with van der Waals surface area (Å²) in [5.41, 5.74) is 7.13. The summed E-state index contributed by atoms with van der Waals surface area (Å²) >= 11 is 0. The minimum Gasteiger partial charge on any atom is -0.507 e. The topological polar surface area (TPSA) is 166 Å². The lowest BCUT2D eigenvalue weighted by molar-refractivity contribution is -0.122. The highest BCUT2D eigenvalue weighted by molar-refractivity contribution is 5.82. The van der Waals surface area contributed by atoms with Gasteiger partial charge in [0.2, 0.25) is 18.7 Å². The molecule has 0 spiro atoms. The fourth-order valence-electron chi connectivity index (χ4n) is 2.87. The first-order valence-electron chi connectivity index (χ1n) is 8.62. The highest BCUT2D eigenvalue weighted by Gasteiger charge is 2.17. The van der Waals surface area contributed by atoms with Crippen LogP contribution in [0.5, 0.6) is 11.5 Å². The molecule has 2 aromatic rings. The standard InChI is InChI=1S/C20H20N4O5/c21-9-14(23-10-25)5-12-1-3-18(27)15(6-12)16-7-13(2-4-19(16)28)8-17(20(22)29)24-11-26/h1-4,6-7,10-11,14,17,27-28H,5,8H2,(H2,22,29)(H,23,25)(H,24,26). The van der Waals surface area contributed by atoms with E-state index in [1.54, 1.807) is 24.3 Å². The van der Waals surface area contributed by atoms with Crippen LogP contribution in [-0.4, -0.2) is 41.0 Å². The minimum atomic E-state index is -0.921. The van der Waals surface area contributed by atoms with Crippen molar-refractivity contribution in [3.8, 4) is 28.7 Å². The average molecular weight is 396 g/mol. The van der Waals surface area contributed by atoms with Crippen LogP contribution < -0.4 is 16.4 Å². The van der Waals surface area contributed by atoms with E-state index in [9.17, 15) is 24.6 Å². The Morgan fingerprint density at radius 2 is 1.52 bits per heavy atom. The molecule has 0 aliphatic heterocycles. The monoisotopic (exact) mass is 396 g/mol. The number of carbonyl (C=O) groups is 3. The maximum atomic E-state index is 11.5. The molecule has 0 aliphatic carbocycles. The molecule has 0 saturated carbocycles. The summed E-state index contributed by atoms with van der Waals surface area (Å²) in [5.74, 6) is -0.916. The molecule has 2 unspecified atom stereocenters. The van der Waals surface area contributed by atoms with Crippen LogP contribution in [0.15, 0.2) is 36.4 Å². The highest BCUT2D eigenvalue weighted by Crippen LogP contribution is 2.37. The van der Waals surface area contributed by atoms with Crippen molar-refractivity contribution in [2.24, 2.45) is 5.73 Å². The van der Waals surface area contributed by atoms with E-state index in [1.165, 1.54) is 12.1 Å². The van der Waals surface area contributed by atoms with Gasteiger partial charge in [-0.05, 0) is 35.4 Å². The Labute approximate surface area is 166 Å². The molecule has 150 valence electrons. The summed E-state index contributed by atoms with van der Waals surface area (Å²) in [6.45, 7) is 0. The van der Waals surface area contributed by atoms with Gasteiger partial charge in [0.1, 0.15) is 23.6 Å². The van der Waals surface area contributed by atoms with Crippen molar-refractivity contribution in [2.75, 3.05) is 0 Å². The average Bonchev–Trinajstić information content (AvgIpc) is 2.70. The van der Waals surface area contributed by atoms with Crippen molar-refractivity contribution in [2.45, 2.75) is 24.9 Å². The number of carbonyl (C=O) groups excluding carboxylic acids is 3. The Balaban J connectivity index is 2.39. The largest absolute Gasteiger partial charge is 0.507 e. The van der Waals surface area contributed by atoms with Crippen molar-refractivity contribution >= 4 is 18.7 Å². The number of hydrogen-bond acceptors (Lipinski definition) is 6. The van der Waals surface area contributed by atoms with E-state index in [-0.39, 0.29) is 24.3 Å². The Bertz CT molecular complexity index is 954. The number of nitrogens with two attached hydrogens (primary N) is 1. The number of rotatable bonds is 10. The molecule has 6 N–H and O–H groups in total. The first kappa shape index (κ1) is 21.2. The lowest BCUT2D eigenvalue weighted by Crippen LogP contribution is -2.42. The van der Waals surface area contributed by atoms with Crippen molar-refractivity contribution in [3.63, 3.8) is 0 Å². The number of phenols is 2. The van der Waals surface area contributed by atoms with Crippen LogP contribution in [0.3, 0.4) is 0 Å². The molecule has 3 amide bonds. The van der Waals surface area contributed by atoms with Crippen molar-refractivity contribution < 1.29 is 24.6 Å². The molecule has 9 nitrogen and oxygen atoms in total. The molecule has 0 bridgehead atoms. The normalized spacial score (nSPS) is 12.2. The van der Waals surface area contributed by atoms with Crippen LogP contribution in [0, 0.1) is 11.3 Å². The Kier molecular flexibility index (Phi) is 7.14. The van der Waals surface area contributed by atoms with E-state index >= 15 is 0 Å². The zero-order valence-corrected chi connectivity index (χ0v) is 15.3. The van der Waals surface area contributed by atoms with Gasteiger partial charge in [-0.3, -0.25) is 14.4 Å². The SMILES string of the molecule is N#CC(Cc1ccc(O)c(-c2cc(CC(NC=O)C(N)=O)ccc2O)c1)NC=O. The predicted molar refractivity (Wildman–Crippen MR) is 103 cm³/mol. The Hall–Kier alpha value is -4.06. The quantitative estimate of drug-likeness (QED) is 0.357. The summed E-state index contributed by atoms with van der Waals surface area (Å²) < 4.78 is 0. The molecular formula is C20H20N4O5. The number of amides is 3. The van der Waals surface area contributed by atoms with Crippen LogP contribution in [0.25, 0.3) is 11.1 Å². The van der Waals surface area contributed by atoms with Crippen LogP contribution in [0.4, 0.5) is 0 Å². The van der Waals surface area contributed by atoms with Crippen LogP contribution in [0.2, 0.25) is 0 Å². The van der Waals surface area contributed by atoms with Gasteiger partial charge in [-0.1, -0.05) is 12.1 Å². The molecule has 29 heavy (non-hydrogen) atoms. The first-order chi connectivity index (χ1) is 13.9. The number of benzene rings is 2. The highest BCUT2D eigenvalue weighted by atomic mass is 16.3. The van der Waals surface area contributed by atoms with Crippen LogP contribution in [-0.2, 0) is 27.2 Å². The number of hydrogen-bond donors (Lipinski definition) is 5. The van der Waals surface area contributed by atoms with E-state index in [1.807, 2.05) is 6.07 Å². The molecule has 0 radical (unpaired) electrons. The van der Waals surface area contributed by atoms with Gasteiger partial charge in [0.05, 0.1) is 6.07 Å². The van der Waals surface area contributed by atoms with E-state index in [4.69, 9.17) is 11.0 Å². The number of primary amides is 1. The minimum absolute atomic E-state index is 0.0988. The molecule has 0 aliphatic rings. The van der Waals surface area contributed by atoms with Gasteiger partial charge in [-0.2, -0.15) is 5.26 Å². The lowest BCUT2D eigenvalue weighted by Gasteiger charge is -2.15. The zero-order valence-electron chi connectivity index (χ0n) is 15.3. The third kappa shape index (κ3) is 5.46. The van der Waals surface area contributed by atoms with Gasteiger partial charge in [0.15, 0.2) is 0 Å². The summed E-state index contributed by atoms with van der Waals surface area (Å²) in [5, 5.41) is 34.4. The van der Waals surface area contributed by atoms with E-state index < -0.39 is 18.0 Å². The number of phenolic OH excluding ortho intramolecular Hbond substituents is 2. The fraction of sp³-hybridized carbons (Fsp3) is 0.200. The molecule has 0 saturated heterocycles. The van der Waals surface area contributed by atoms with Crippen molar-refractivity contribution in [3.05, 3.63) is 47.5 Å². The number of aromatic hydroxyl groups is 2. The van der Waals surface area contributed by atoms with Crippen molar-refractivity contribution in [1.82, 2.24) is 10.6 Å². The molecule has 0 fully saturated rings. The summed E-state index contributed by atoms with van der Waals surface area (Å²) in [6, 6.07) is 9.47. The van der Waals surface area contributed by atoms with Crippen LogP contribution >= 0.6 is 0 Å². The number of nitrogens with one attached hydrogen (secondary N) is 2. The second-order valence-corrected chi connectivity index (χ2v) is 6.32. The Morgan fingerprint density at radius 1 is 1.00 bits per heavy atom. The summed E-state index contributed by atoms with van der Waals surface area (Å²) in [6.07, 6.45) is 1.12. The van der Waals surface area contributed by atoms with Gasteiger partial charge >= 0.3 is 0 Å².